The van der Waals surface area contributed by atoms with Crippen molar-refractivity contribution in [2.75, 3.05) is 13.6 Å². The van der Waals surface area contributed by atoms with E-state index in [0.717, 1.165) is 30.0 Å². The van der Waals surface area contributed by atoms with Crippen molar-refractivity contribution >= 4 is 6.03 Å². The van der Waals surface area contributed by atoms with Crippen molar-refractivity contribution in [3.63, 3.8) is 0 Å². The van der Waals surface area contributed by atoms with E-state index in [1.807, 2.05) is 36.4 Å². The van der Waals surface area contributed by atoms with Crippen LogP contribution in [-0.4, -0.2) is 39.8 Å². The standard InChI is InChI=1S/C20H23N5O3/c1-25(13-16-12-17(23-27-16)14-6-3-2-4-7-14)20(26)21-11-10-18-22-19(28-24-18)15-8-5-9-15/h2-4,6-7,12,15H,5,8-11,13H2,1H3,(H,21,26). The number of nitrogens with one attached hydrogen (secondary N) is 1. The van der Waals surface area contributed by atoms with Crippen LogP contribution in [0.1, 0.15) is 42.7 Å². The van der Waals surface area contributed by atoms with Crippen molar-refractivity contribution in [3.8, 4) is 11.3 Å². The van der Waals surface area contributed by atoms with Gasteiger partial charge in [-0.15, -0.1) is 0 Å². The third-order valence-corrected chi connectivity index (χ3v) is 4.93. The molecule has 0 spiro atoms. The van der Waals surface area contributed by atoms with Gasteiger partial charge in [0.15, 0.2) is 11.6 Å². The van der Waals surface area contributed by atoms with E-state index in [9.17, 15) is 4.79 Å². The van der Waals surface area contributed by atoms with E-state index in [0.29, 0.717) is 37.0 Å². The van der Waals surface area contributed by atoms with Gasteiger partial charge in [-0.1, -0.05) is 47.1 Å². The molecule has 0 unspecified atom stereocenters. The fourth-order valence-electron chi connectivity index (χ4n) is 3.04. The van der Waals surface area contributed by atoms with Gasteiger partial charge in [0.2, 0.25) is 5.89 Å². The Bertz CT molecular complexity index is 917. The maximum absolute atomic E-state index is 12.3. The molecule has 3 aromatic rings. The van der Waals surface area contributed by atoms with Crippen LogP contribution in [-0.2, 0) is 13.0 Å². The molecule has 8 heteroatoms. The van der Waals surface area contributed by atoms with Crippen LogP contribution in [0.3, 0.4) is 0 Å². The predicted octanol–water partition coefficient (Wildman–Crippen LogP) is 3.38. The molecule has 0 radical (unpaired) electrons. The summed E-state index contributed by atoms with van der Waals surface area (Å²) in [6, 6.07) is 11.4. The molecule has 1 fully saturated rings. The maximum Gasteiger partial charge on any atom is 0.317 e. The highest BCUT2D eigenvalue weighted by Crippen LogP contribution is 2.35. The Balaban J connectivity index is 1.23. The molecule has 0 aliphatic heterocycles. The quantitative estimate of drug-likeness (QED) is 0.674. The zero-order chi connectivity index (χ0) is 19.3. The van der Waals surface area contributed by atoms with Crippen molar-refractivity contribution in [2.24, 2.45) is 0 Å². The van der Waals surface area contributed by atoms with Crippen LogP contribution >= 0.6 is 0 Å². The summed E-state index contributed by atoms with van der Waals surface area (Å²) < 4.78 is 10.6. The number of nitrogens with zero attached hydrogens (tertiary/aromatic N) is 4. The van der Waals surface area contributed by atoms with Gasteiger partial charge in [-0.25, -0.2) is 4.79 Å². The molecule has 8 nitrogen and oxygen atoms in total. The average molecular weight is 381 g/mol. The van der Waals surface area contributed by atoms with E-state index < -0.39 is 0 Å². The number of aromatic nitrogens is 3. The first kappa shape index (κ1) is 18.2. The summed E-state index contributed by atoms with van der Waals surface area (Å²) in [5.74, 6) is 2.40. The molecule has 146 valence electrons. The van der Waals surface area contributed by atoms with Gasteiger partial charge in [0.1, 0.15) is 5.69 Å². The SMILES string of the molecule is CN(Cc1cc(-c2ccccc2)no1)C(=O)NCCc1noc(C2CCC2)n1. The zero-order valence-corrected chi connectivity index (χ0v) is 15.8. The van der Waals surface area contributed by atoms with Crippen LogP contribution in [0.2, 0.25) is 0 Å². The first-order chi connectivity index (χ1) is 13.7. The Morgan fingerprint density at radius 1 is 1.21 bits per heavy atom. The molecule has 1 aliphatic carbocycles. The minimum Gasteiger partial charge on any atom is -0.359 e. The number of carbonyl (C=O) groups is 1. The van der Waals surface area contributed by atoms with Gasteiger partial charge < -0.3 is 19.3 Å². The number of hydrogen-bond donors (Lipinski definition) is 1. The zero-order valence-electron chi connectivity index (χ0n) is 15.8. The number of benzene rings is 1. The molecule has 1 aromatic carbocycles. The lowest BCUT2D eigenvalue weighted by atomic mass is 9.85. The fraction of sp³-hybridized carbons (Fsp3) is 0.400. The van der Waals surface area contributed by atoms with Gasteiger partial charge in [0.25, 0.3) is 0 Å². The van der Waals surface area contributed by atoms with Gasteiger partial charge in [-0.05, 0) is 12.8 Å². The fourth-order valence-corrected chi connectivity index (χ4v) is 3.04. The van der Waals surface area contributed by atoms with Crippen molar-refractivity contribution < 1.29 is 13.8 Å². The monoisotopic (exact) mass is 381 g/mol. The smallest absolute Gasteiger partial charge is 0.317 e. The van der Waals surface area contributed by atoms with Crippen molar-refractivity contribution in [1.82, 2.24) is 25.5 Å². The summed E-state index contributed by atoms with van der Waals surface area (Å²) in [6.07, 6.45) is 4.01. The van der Waals surface area contributed by atoms with Crippen molar-refractivity contribution in [1.29, 1.82) is 0 Å². The molecule has 0 bridgehead atoms. The molecular weight excluding hydrogens is 358 g/mol. The summed E-state index contributed by atoms with van der Waals surface area (Å²) in [4.78, 5) is 18.2. The topological polar surface area (TPSA) is 97.3 Å². The summed E-state index contributed by atoms with van der Waals surface area (Å²) in [6.45, 7) is 0.776. The Labute approximate surface area is 162 Å². The van der Waals surface area contributed by atoms with E-state index in [2.05, 4.69) is 20.6 Å². The Hall–Kier alpha value is -3.16. The van der Waals surface area contributed by atoms with E-state index in [-0.39, 0.29) is 6.03 Å². The Morgan fingerprint density at radius 2 is 2.04 bits per heavy atom. The van der Waals surface area contributed by atoms with E-state index in [4.69, 9.17) is 9.05 Å². The average Bonchev–Trinajstić information content (AvgIpc) is 3.31. The van der Waals surface area contributed by atoms with Crippen LogP contribution < -0.4 is 5.32 Å². The van der Waals surface area contributed by atoms with Crippen LogP contribution in [0.25, 0.3) is 11.3 Å². The van der Waals surface area contributed by atoms with Gasteiger partial charge in [0.05, 0.1) is 6.54 Å². The third kappa shape index (κ3) is 4.21. The van der Waals surface area contributed by atoms with Gasteiger partial charge in [0, 0.05) is 37.6 Å². The summed E-state index contributed by atoms with van der Waals surface area (Å²) in [5.41, 5.74) is 1.73. The summed E-state index contributed by atoms with van der Waals surface area (Å²) >= 11 is 0. The molecular formula is C20H23N5O3. The number of rotatable bonds is 7. The summed E-state index contributed by atoms with van der Waals surface area (Å²) in [7, 11) is 1.71. The molecule has 0 atom stereocenters. The maximum atomic E-state index is 12.3. The summed E-state index contributed by atoms with van der Waals surface area (Å²) in [5, 5.41) is 10.9. The molecule has 4 rings (SSSR count). The molecule has 1 aliphatic rings. The van der Waals surface area contributed by atoms with Crippen LogP contribution in [0.15, 0.2) is 45.4 Å². The van der Waals surface area contributed by atoms with E-state index in [1.165, 1.54) is 6.42 Å². The highest BCUT2D eigenvalue weighted by Gasteiger charge is 2.25. The lowest BCUT2D eigenvalue weighted by molar-refractivity contribution is 0.201. The van der Waals surface area contributed by atoms with Gasteiger partial charge in [-0.2, -0.15) is 4.98 Å². The molecule has 1 N–H and O–H groups in total. The molecule has 2 amide bonds. The molecule has 2 aromatic heterocycles. The minimum absolute atomic E-state index is 0.194. The van der Waals surface area contributed by atoms with Crippen molar-refractivity contribution in [3.05, 3.63) is 53.9 Å². The lowest BCUT2D eigenvalue weighted by Gasteiger charge is -2.20. The van der Waals surface area contributed by atoms with E-state index >= 15 is 0 Å². The van der Waals surface area contributed by atoms with Crippen LogP contribution in [0, 0.1) is 0 Å². The van der Waals surface area contributed by atoms with Crippen molar-refractivity contribution in [2.45, 2.75) is 38.1 Å². The second-order valence-electron chi connectivity index (χ2n) is 7.06. The second kappa shape index (κ2) is 8.24. The lowest BCUT2D eigenvalue weighted by Crippen LogP contribution is -2.37. The second-order valence-corrected chi connectivity index (χ2v) is 7.06. The van der Waals surface area contributed by atoms with Crippen LogP contribution in [0.5, 0.6) is 0 Å². The Kier molecular flexibility index (Phi) is 5.36. The van der Waals surface area contributed by atoms with Crippen LogP contribution in [0.4, 0.5) is 4.79 Å². The minimum atomic E-state index is -0.194. The highest BCUT2D eigenvalue weighted by atomic mass is 16.5. The van der Waals surface area contributed by atoms with E-state index in [1.54, 1.807) is 11.9 Å². The molecule has 28 heavy (non-hydrogen) atoms. The first-order valence-corrected chi connectivity index (χ1v) is 9.51. The largest absolute Gasteiger partial charge is 0.359 e. The number of carbonyl (C=O) groups excluding carboxylic acids is 1. The van der Waals surface area contributed by atoms with Gasteiger partial charge in [-0.3, -0.25) is 0 Å². The third-order valence-electron chi connectivity index (χ3n) is 4.93. The number of amides is 2. The first-order valence-electron chi connectivity index (χ1n) is 9.51. The molecule has 1 saturated carbocycles. The Morgan fingerprint density at radius 3 is 2.79 bits per heavy atom. The molecule has 0 saturated heterocycles. The number of hydrogen-bond acceptors (Lipinski definition) is 6. The van der Waals surface area contributed by atoms with Gasteiger partial charge >= 0.3 is 6.03 Å². The number of urea groups is 1. The highest BCUT2D eigenvalue weighted by molar-refractivity contribution is 5.73. The predicted molar refractivity (Wildman–Crippen MR) is 101 cm³/mol. The molecule has 2 heterocycles. The normalized spacial score (nSPS) is 13.9.